The summed E-state index contributed by atoms with van der Waals surface area (Å²) in [6.45, 7) is 4.84. The predicted molar refractivity (Wildman–Crippen MR) is 83.1 cm³/mol. The lowest BCUT2D eigenvalue weighted by molar-refractivity contribution is 0.0599. The smallest absolute Gasteiger partial charge is 0.340 e. The fraction of sp³-hybridized carbons (Fsp3) is 0.333. The number of carbonyl (C=O) groups excluding carboxylic acids is 1. The van der Waals surface area contributed by atoms with E-state index in [2.05, 4.69) is 20.9 Å². The van der Waals surface area contributed by atoms with Crippen LogP contribution in [0.15, 0.2) is 22.8 Å². The van der Waals surface area contributed by atoms with Crippen molar-refractivity contribution in [3.05, 3.63) is 28.4 Å². The molecule has 5 nitrogen and oxygen atoms in total. The highest BCUT2D eigenvalue weighted by Crippen LogP contribution is 2.38. The molecule has 2 rings (SSSR count). The third-order valence-corrected chi connectivity index (χ3v) is 3.71. The third kappa shape index (κ3) is 2.95. The second kappa shape index (κ2) is 6.76. The van der Waals surface area contributed by atoms with E-state index in [0.717, 1.165) is 0 Å². The first kappa shape index (κ1) is 15.6. The zero-order valence-corrected chi connectivity index (χ0v) is 13.7. The standard InChI is InChI=1S/C15H16BrNO4/c1-4-20-10-6-7-11(21-5-2)14-12(10)13(16)9(8-17-14)15(18)19-3/h6-8H,4-5H2,1-3H3. The van der Waals surface area contributed by atoms with Gasteiger partial charge in [-0.25, -0.2) is 4.79 Å². The molecule has 1 aromatic heterocycles. The summed E-state index contributed by atoms with van der Waals surface area (Å²) in [5.41, 5.74) is 0.988. The fourth-order valence-corrected chi connectivity index (χ4v) is 2.66. The van der Waals surface area contributed by atoms with Crippen molar-refractivity contribution in [2.75, 3.05) is 20.3 Å². The van der Waals surface area contributed by atoms with Crippen molar-refractivity contribution in [3.8, 4) is 11.5 Å². The van der Waals surface area contributed by atoms with Gasteiger partial charge in [-0.3, -0.25) is 4.98 Å². The molecule has 0 amide bonds. The van der Waals surface area contributed by atoms with E-state index in [1.54, 1.807) is 0 Å². The first-order valence-corrected chi connectivity index (χ1v) is 7.38. The SMILES string of the molecule is CCOc1ccc(OCC)c2c(Br)c(C(=O)OC)cnc12. The van der Waals surface area contributed by atoms with Crippen LogP contribution in [0.5, 0.6) is 11.5 Å². The van der Waals surface area contributed by atoms with Gasteiger partial charge in [0.15, 0.2) is 0 Å². The molecule has 0 saturated carbocycles. The van der Waals surface area contributed by atoms with Crippen LogP contribution in [0.3, 0.4) is 0 Å². The summed E-state index contributed by atoms with van der Waals surface area (Å²) in [6, 6.07) is 3.62. The molecule has 0 N–H and O–H groups in total. The van der Waals surface area contributed by atoms with Crippen LogP contribution in [0.4, 0.5) is 0 Å². The van der Waals surface area contributed by atoms with Gasteiger partial charge >= 0.3 is 5.97 Å². The summed E-state index contributed by atoms with van der Waals surface area (Å²) >= 11 is 3.45. The maximum atomic E-state index is 11.8. The Balaban J connectivity index is 2.75. The Hall–Kier alpha value is -1.82. The molecule has 0 atom stereocenters. The molecule has 0 unspecified atom stereocenters. The van der Waals surface area contributed by atoms with E-state index in [1.807, 2.05) is 26.0 Å². The summed E-state index contributed by atoms with van der Waals surface area (Å²) in [5.74, 6) is 0.828. The Morgan fingerprint density at radius 2 is 1.81 bits per heavy atom. The molecule has 112 valence electrons. The van der Waals surface area contributed by atoms with Crippen LogP contribution >= 0.6 is 15.9 Å². The number of hydrogen-bond acceptors (Lipinski definition) is 5. The lowest BCUT2D eigenvalue weighted by Gasteiger charge is -2.14. The van der Waals surface area contributed by atoms with Gasteiger partial charge < -0.3 is 14.2 Å². The van der Waals surface area contributed by atoms with Crippen LogP contribution in [-0.2, 0) is 4.74 Å². The topological polar surface area (TPSA) is 57.7 Å². The Bertz CT molecular complexity index is 672. The maximum absolute atomic E-state index is 11.8. The highest BCUT2D eigenvalue weighted by atomic mass is 79.9. The zero-order valence-electron chi connectivity index (χ0n) is 12.1. The van der Waals surface area contributed by atoms with E-state index in [9.17, 15) is 4.79 Å². The molecule has 0 aliphatic carbocycles. The molecule has 6 heteroatoms. The second-order valence-corrected chi connectivity index (χ2v) is 4.92. The minimum atomic E-state index is -0.458. The number of hydrogen-bond donors (Lipinski definition) is 0. The van der Waals surface area contributed by atoms with E-state index in [-0.39, 0.29) is 0 Å². The van der Waals surface area contributed by atoms with Crippen molar-refractivity contribution in [1.29, 1.82) is 0 Å². The Labute approximate surface area is 131 Å². The van der Waals surface area contributed by atoms with Crippen LogP contribution in [-0.4, -0.2) is 31.3 Å². The summed E-state index contributed by atoms with van der Waals surface area (Å²) < 4.78 is 16.6. The minimum absolute atomic E-state index is 0.347. The number of methoxy groups -OCH3 is 1. The first-order chi connectivity index (χ1) is 10.1. The molecule has 1 heterocycles. The van der Waals surface area contributed by atoms with E-state index < -0.39 is 5.97 Å². The molecule has 1 aromatic carbocycles. The van der Waals surface area contributed by atoms with Gasteiger partial charge in [0.1, 0.15) is 17.0 Å². The molecule has 0 saturated heterocycles. The number of ether oxygens (including phenoxy) is 3. The van der Waals surface area contributed by atoms with Crippen molar-refractivity contribution < 1.29 is 19.0 Å². The van der Waals surface area contributed by atoms with E-state index in [0.29, 0.717) is 45.7 Å². The molecular weight excluding hydrogens is 338 g/mol. The van der Waals surface area contributed by atoms with Crippen molar-refractivity contribution >= 4 is 32.8 Å². The van der Waals surface area contributed by atoms with Crippen LogP contribution in [0.25, 0.3) is 10.9 Å². The number of pyridine rings is 1. The average molecular weight is 354 g/mol. The van der Waals surface area contributed by atoms with Gasteiger partial charge in [-0.05, 0) is 41.9 Å². The maximum Gasteiger partial charge on any atom is 0.340 e. The normalized spacial score (nSPS) is 10.5. The third-order valence-electron chi connectivity index (χ3n) is 2.89. The highest BCUT2D eigenvalue weighted by molar-refractivity contribution is 9.10. The summed E-state index contributed by atoms with van der Waals surface area (Å²) in [6.07, 6.45) is 1.47. The Kier molecular flexibility index (Phi) is 5.01. The van der Waals surface area contributed by atoms with Gasteiger partial charge in [0.05, 0.1) is 31.3 Å². The molecule has 0 aliphatic heterocycles. The molecule has 21 heavy (non-hydrogen) atoms. The van der Waals surface area contributed by atoms with E-state index in [4.69, 9.17) is 14.2 Å². The van der Waals surface area contributed by atoms with Gasteiger partial charge in [0, 0.05) is 10.7 Å². The summed E-state index contributed by atoms with van der Waals surface area (Å²) in [7, 11) is 1.33. The Morgan fingerprint density at radius 3 is 2.43 bits per heavy atom. The lowest BCUT2D eigenvalue weighted by atomic mass is 10.1. The van der Waals surface area contributed by atoms with Crippen molar-refractivity contribution in [3.63, 3.8) is 0 Å². The van der Waals surface area contributed by atoms with Crippen LogP contribution in [0.1, 0.15) is 24.2 Å². The van der Waals surface area contributed by atoms with Gasteiger partial charge in [-0.15, -0.1) is 0 Å². The number of aromatic nitrogens is 1. The van der Waals surface area contributed by atoms with Crippen LogP contribution in [0.2, 0.25) is 0 Å². The van der Waals surface area contributed by atoms with Gasteiger partial charge in [-0.1, -0.05) is 0 Å². The van der Waals surface area contributed by atoms with E-state index >= 15 is 0 Å². The largest absolute Gasteiger partial charge is 0.493 e. The van der Waals surface area contributed by atoms with Gasteiger partial charge in [-0.2, -0.15) is 0 Å². The molecular formula is C15H16BrNO4. The quantitative estimate of drug-likeness (QED) is 0.769. The van der Waals surface area contributed by atoms with Crippen molar-refractivity contribution in [2.45, 2.75) is 13.8 Å². The number of carbonyl (C=O) groups is 1. The zero-order chi connectivity index (χ0) is 15.4. The first-order valence-electron chi connectivity index (χ1n) is 6.59. The molecule has 0 aliphatic rings. The molecule has 0 spiro atoms. The van der Waals surface area contributed by atoms with Crippen molar-refractivity contribution in [1.82, 2.24) is 4.98 Å². The van der Waals surface area contributed by atoms with Crippen LogP contribution in [0, 0.1) is 0 Å². The molecule has 2 aromatic rings. The predicted octanol–water partition coefficient (Wildman–Crippen LogP) is 3.58. The van der Waals surface area contributed by atoms with E-state index in [1.165, 1.54) is 13.3 Å². The summed E-state index contributed by atoms with van der Waals surface area (Å²) in [4.78, 5) is 16.1. The molecule has 0 radical (unpaired) electrons. The van der Waals surface area contributed by atoms with Gasteiger partial charge in [0.25, 0.3) is 0 Å². The second-order valence-electron chi connectivity index (χ2n) is 4.13. The Morgan fingerprint density at radius 1 is 1.19 bits per heavy atom. The summed E-state index contributed by atoms with van der Waals surface area (Å²) in [5, 5.41) is 0.700. The number of fused-ring (bicyclic) bond motifs is 1. The highest BCUT2D eigenvalue weighted by Gasteiger charge is 2.19. The number of esters is 1. The number of benzene rings is 1. The average Bonchev–Trinajstić information content (AvgIpc) is 2.49. The lowest BCUT2D eigenvalue weighted by Crippen LogP contribution is -2.05. The number of rotatable bonds is 5. The number of halogens is 1. The molecule has 0 fully saturated rings. The van der Waals surface area contributed by atoms with Gasteiger partial charge in [0.2, 0.25) is 0 Å². The minimum Gasteiger partial charge on any atom is -0.493 e. The fourth-order valence-electron chi connectivity index (χ4n) is 2.01. The number of nitrogens with zero attached hydrogens (tertiary/aromatic N) is 1. The molecule has 0 bridgehead atoms. The van der Waals surface area contributed by atoms with Crippen molar-refractivity contribution in [2.24, 2.45) is 0 Å². The van der Waals surface area contributed by atoms with Crippen LogP contribution < -0.4 is 9.47 Å². The monoisotopic (exact) mass is 353 g/mol.